The van der Waals surface area contributed by atoms with E-state index in [0.717, 1.165) is 22.7 Å². The van der Waals surface area contributed by atoms with Crippen molar-refractivity contribution in [1.82, 2.24) is 9.97 Å². The summed E-state index contributed by atoms with van der Waals surface area (Å²) in [5.41, 5.74) is 2.68. The normalized spacial score (nSPS) is 10.3. The highest BCUT2D eigenvalue weighted by Gasteiger charge is 2.04. The first-order valence-electron chi connectivity index (χ1n) is 6.75. The number of rotatable bonds is 4. The molecule has 1 heterocycles. The molecule has 0 fully saturated rings. The van der Waals surface area contributed by atoms with Gasteiger partial charge in [0, 0.05) is 22.5 Å². The quantitative estimate of drug-likeness (QED) is 0.768. The number of anilines is 2. The second-order valence-electron chi connectivity index (χ2n) is 4.63. The van der Waals surface area contributed by atoms with Gasteiger partial charge in [0.05, 0.1) is 12.8 Å². The third-order valence-electron chi connectivity index (χ3n) is 3.12. The molecule has 5 heteroatoms. The van der Waals surface area contributed by atoms with Crippen molar-refractivity contribution < 1.29 is 4.74 Å². The number of halogens is 1. The Balaban J connectivity index is 1.87. The summed E-state index contributed by atoms with van der Waals surface area (Å²) in [6.45, 7) is 0. The lowest BCUT2D eigenvalue weighted by Crippen LogP contribution is -1.97. The smallest absolute Gasteiger partial charge is 0.227 e. The third-order valence-corrected chi connectivity index (χ3v) is 3.37. The Kier molecular flexibility index (Phi) is 4.21. The zero-order chi connectivity index (χ0) is 15.4. The number of benzene rings is 2. The summed E-state index contributed by atoms with van der Waals surface area (Å²) in [5.74, 6) is 1.32. The Morgan fingerprint density at radius 1 is 1.05 bits per heavy atom. The zero-order valence-corrected chi connectivity index (χ0v) is 12.7. The minimum atomic E-state index is 0.530. The fraction of sp³-hybridized carbons (Fsp3) is 0.0588. The lowest BCUT2D eigenvalue weighted by Gasteiger charge is -2.07. The van der Waals surface area contributed by atoms with E-state index in [2.05, 4.69) is 15.3 Å². The Bertz CT molecular complexity index is 775. The molecule has 0 saturated carbocycles. The van der Waals surface area contributed by atoms with Crippen LogP contribution in [0.5, 0.6) is 5.75 Å². The van der Waals surface area contributed by atoms with E-state index in [1.807, 2.05) is 54.6 Å². The molecule has 0 unspecified atom stereocenters. The van der Waals surface area contributed by atoms with Gasteiger partial charge < -0.3 is 10.1 Å². The fourth-order valence-electron chi connectivity index (χ4n) is 2.02. The summed E-state index contributed by atoms with van der Waals surface area (Å²) in [4.78, 5) is 8.76. The maximum atomic E-state index is 5.88. The number of nitrogens with one attached hydrogen (secondary N) is 1. The summed E-state index contributed by atoms with van der Waals surface area (Å²) in [5, 5.41) is 3.85. The Labute approximate surface area is 133 Å². The van der Waals surface area contributed by atoms with Crippen LogP contribution in [0, 0.1) is 0 Å². The molecule has 0 bridgehead atoms. The van der Waals surface area contributed by atoms with Crippen LogP contribution >= 0.6 is 11.6 Å². The molecule has 1 aromatic heterocycles. The van der Waals surface area contributed by atoms with Crippen molar-refractivity contribution in [1.29, 1.82) is 0 Å². The molecule has 0 amide bonds. The molecule has 0 atom stereocenters. The van der Waals surface area contributed by atoms with Gasteiger partial charge in [-0.15, -0.1) is 0 Å². The second-order valence-corrected chi connectivity index (χ2v) is 5.07. The highest BCUT2D eigenvalue weighted by molar-refractivity contribution is 6.30. The molecular weight excluding hydrogens is 298 g/mol. The molecule has 0 saturated heterocycles. The lowest BCUT2D eigenvalue weighted by molar-refractivity contribution is 0.415. The molecule has 2 aromatic carbocycles. The SMILES string of the molecule is COc1cccc(-c2ccnc(Nc3ccc(Cl)cc3)n2)c1. The summed E-state index contributed by atoms with van der Waals surface area (Å²) >= 11 is 5.88. The van der Waals surface area contributed by atoms with Gasteiger partial charge in [0.25, 0.3) is 0 Å². The molecule has 110 valence electrons. The third kappa shape index (κ3) is 3.35. The van der Waals surface area contributed by atoms with Gasteiger partial charge in [0.15, 0.2) is 0 Å². The van der Waals surface area contributed by atoms with Crippen LogP contribution in [0.1, 0.15) is 0 Å². The topological polar surface area (TPSA) is 47.0 Å². The molecule has 0 spiro atoms. The van der Waals surface area contributed by atoms with E-state index < -0.39 is 0 Å². The van der Waals surface area contributed by atoms with E-state index in [4.69, 9.17) is 16.3 Å². The van der Waals surface area contributed by atoms with Crippen molar-refractivity contribution in [2.45, 2.75) is 0 Å². The van der Waals surface area contributed by atoms with Crippen LogP contribution < -0.4 is 10.1 Å². The highest BCUT2D eigenvalue weighted by atomic mass is 35.5. The highest BCUT2D eigenvalue weighted by Crippen LogP contribution is 2.23. The molecule has 0 radical (unpaired) electrons. The van der Waals surface area contributed by atoms with Crippen molar-refractivity contribution in [2.75, 3.05) is 12.4 Å². The van der Waals surface area contributed by atoms with E-state index in [0.29, 0.717) is 11.0 Å². The van der Waals surface area contributed by atoms with Crippen molar-refractivity contribution >= 4 is 23.2 Å². The van der Waals surface area contributed by atoms with Gasteiger partial charge in [-0.2, -0.15) is 0 Å². The van der Waals surface area contributed by atoms with Crippen molar-refractivity contribution in [3.05, 3.63) is 65.8 Å². The van der Waals surface area contributed by atoms with Crippen LogP contribution in [-0.4, -0.2) is 17.1 Å². The molecule has 4 nitrogen and oxygen atoms in total. The van der Waals surface area contributed by atoms with Gasteiger partial charge in [-0.1, -0.05) is 23.7 Å². The van der Waals surface area contributed by atoms with Crippen molar-refractivity contribution in [3.8, 4) is 17.0 Å². The number of nitrogens with zero attached hydrogens (tertiary/aromatic N) is 2. The first kappa shape index (κ1) is 14.4. The van der Waals surface area contributed by atoms with E-state index in [-0.39, 0.29) is 0 Å². The molecule has 3 rings (SSSR count). The Morgan fingerprint density at radius 2 is 1.86 bits per heavy atom. The van der Waals surface area contributed by atoms with E-state index in [1.54, 1.807) is 13.3 Å². The zero-order valence-electron chi connectivity index (χ0n) is 12.0. The minimum absolute atomic E-state index is 0.530. The first-order chi connectivity index (χ1) is 10.7. The van der Waals surface area contributed by atoms with Crippen LogP contribution in [0.3, 0.4) is 0 Å². The maximum absolute atomic E-state index is 5.88. The average Bonchev–Trinajstić information content (AvgIpc) is 2.57. The fourth-order valence-corrected chi connectivity index (χ4v) is 2.15. The number of hydrogen-bond acceptors (Lipinski definition) is 4. The minimum Gasteiger partial charge on any atom is -0.497 e. The largest absolute Gasteiger partial charge is 0.497 e. The van der Waals surface area contributed by atoms with Gasteiger partial charge in [-0.3, -0.25) is 0 Å². The number of ether oxygens (including phenoxy) is 1. The van der Waals surface area contributed by atoms with Crippen molar-refractivity contribution in [2.24, 2.45) is 0 Å². The molecule has 3 aromatic rings. The van der Waals surface area contributed by atoms with Gasteiger partial charge in [-0.25, -0.2) is 9.97 Å². The predicted molar refractivity (Wildman–Crippen MR) is 88.8 cm³/mol. The average molecular weight is 312 g/mol. The molecular formula is C17H14ClN3O. The number of hydrogen-bond donors (Lipinski definition) is 1. The molecule has 0 aliphatic carbocycles. The van der Waals surface area contributed by atoms with Gasteiger partial charge in [0.2, 0.25) is 5.95 Å². The van der Waals surface area contributed by atoms with E-state index >= 15 is 0 Å². The number of aromatic nitrogens is 2. The van der Waals surface area contributed by atoms with Crippen LogP contribution in [0.15, 0.2) is 60.8 Å². The standard InChI is InChI=1S/C17H14ClN3O/c1-22-15-4-2-3-12(11-15)16-9-10-19-17(21-16)20-14-7-5-13(18)6-8-14/h2-11H,1H3,(H,19,20,21). The molecule has 0 aliphatic rings. The van der Waals surface area contributed by atoms with Crippen molar-refractivity contribution in [3.63, 3.8) is 0 Å². The van der Waals surface area contributed by atoms with Crippen LogP contribution in [0.4, 0.5) is 11.6 Å². The van der Waals surface area contributed by atoms with E-state index in [9.17, 15) is 0 Å². The summed E-state index contributed by atoms with van der Waals surface area (Å²) in [6.07, 6.45) is 1.72. The van der Waals surface area contributed by atoms with Gasteiger partial charge in [0.1, 0.15) is 5.75 Å². The van der Waals surface area contributed by atoms with Crippen LogP contribution in [-0.2, 0) is 0 Å². The Morgan fingerprint density at radius 3 is 2.64 bits per heavy atom. The summed E-state index contributed by atoms with van der Waals surface area (Å²) in [6, 6.07) is 17.0. The molecule has 22 heavy (non-hydrogen) atoms. The summed E-state index contributed by atoms with van der Waals surface area (Å²) in [7, 11) is 1.65. The molecule has 1 N–H and O–H groups in total. The van der Waals surface area contributed by atoms with Gasteiger partial charge in [-0.05, 0) is 42.5 Å². The second kappa shape index (κ2) is 6.45. The lowest BCUT2D eigenvalue weighted by atomic mass is 10.1. The summed E-state index contributed by atoms with van der Waals surface area (Å²) < 4.78 is 5.24. The first-order valence-corrected chi connectivity index (χ1v) is 7.12. The monoisotopic (exact) mass is 311 g/mol. The Hall–Kier alpha value is -2.59. The predicted octanol–water partition coefficient (Wildman–Crippen LogP) is 4.55. The maximum Gasteiger partial charge on any atom is 0.227 e. The van der Waals surface area contributed by atoms with Crippen LogP contribution in [0.2, 0.25) is 5.02 Å². The molecule has 0 aliphatic heterocycles. The van der Waals surface area contributed by atoms with Crippen LogP contribution in [0.25, 0.3) is 11.3 Å². The van der Waals surface area contributed by atoms with Gasteiger partial charge >= 0.3 is 0 Å². The van der Waals surface area contributed by atoms with E-state index in [1.165, 1.54) is 0 Å². The number of methoxy groups -OCH3 is 1.